The van der Waals surface area contributed by atoms with Crippen LogP contribution in [0.2, 0.25) is 0 Å². The smallest absolute Gasteiger partial charge is 0.144 e. The number of phenolic OH excluding ortho intramolecular Hbond substituents is 1. The highest BCUT2D eigenvalue weighted by atomic mass is 16.6. The molecule has 1 rings (SSSR count). The predicted molar refractivity (Wildman–Crippen MR) is 75.4 cm³/mol. The molecule has 1 atom stereocenters. The van der Waals surface area contributed by atoms with Gasteiger partial charge in [0.05, 0.1) is 6.21 Å². The van der Waals surface area contributed by atoms with Crippen molar-refractivity contribution in [2.24, 2.45) is 5.16 Å². The Morgan fingerprint density at radius 2 is 2.05 bits per heavy atom. The lowest BCUT2D eigenvalue weighted by Crippen LogP contribution is -2.42. The van der Waals surface area contributed by atoms with E-state index in [2.05, 4.69) is 10.5 Å². The second-order valence-corrected chi connectivity index (χ2v) is 5.37. The van der Waals surface area contributed by atoms with Gasteiger partial charge in [-0.3, -0.25) is 0 Å². The number of hydrogen-bond acceptors (Lipinski definition) is 5. The molecule has 0 spiro atoms. The minimum atomic E-state index is -0.624. The minimum Gasteiger partial charge on any atom is -0.507 e. The van der Waals surface area contributed by atoms with E-state index in [1.165, 1.54) is 6.21 Å². The number of benzene rings is 1. The van der Waals surface area contributed by atoms with E-state index in [0.29, 0.717) is 12.1 Å². The zero-order chi connectivity index (χ0) is 14.3. The van der Waals surface area contributed by atoms with Crippen LogP contribution in [0.25, 0.3) is 0 Å². The summed E-state index contributed by atoms with van der Waals surface area (Å²) < 4.78 is 0. The number of para-hydroxylation sites is 1. The number of β-amino-alcohol motifs (C(OH)–C–C–N with tert-alkyl or cyclic N) is 1. The monoisotopic (exact) mass is 266 g/mol. The summed E-state index contributed by atoms with van der Waals surface area (Å²) in [4.78, 5) is 4.99. The molecule has 0 aliphatic carbocycles. The van der Waals surface area contributed by atoms with Crippen LogP contribution in [0.3, 0.4) is 0 Å². The van der Waals surface area contributed by atoms with E-state index < -0.39 is 6.10 Å². The van der Waals surface area contributed by atoms with Crippen molar-refractivity contribution in [3.8, 4) is 5.75 Å². The Bertz CT molecular complexity index is 413. The highest BCUT2D eigenvalue weighted by molar-refractivity contribution is 5.82. The van der Waals surface area contributed by atoms with Gasteiger partial charge in [-0.05, 0) is 32.9 Å². The SMILES string of the molecule is CC(C)(C)NCC(O)CO/N=C/c1ccccc1O. The Balaban J connectivity index is 2.28. The number of aromatic hydroxyl groups is 1. The Kier molecular flexibility index (Phi) is 5.79. The van der Waals surface area contributed by atoms with Crippen LogP contribution in [0.1, 0.15) is 26.3 Å². The minimum absolute atomic E-state index is 0.0416. The first kappa shape index (κ1) is 15.5. The van der Waals surface area contributed by atoms with E-state index in [1.54, 1.807) is 24.3 Å². The van der Waals surface area contributed by atoms with Gasteiger partial charge in [-0.25, -0.2) is 0 Å². The molecule has 1 aromatic carbocycles. The number of hydrogen-bond donors (Lipinski definition) is 3. The van der Waals surface area contributed by atoms with Gasteiger partial charge in [0.15, 0.2) is 0 Å². The number of oxime groups is 1. The van der Waals surface area contributed by atoms with Crippen LogP contribution in [-0.2, 0) is 4.84 Å². The lowest BCUT2D eigenvalue weighted by molar-refractivity contribution is 0.0379. The molecule has 0 amide bonds. The molecule has 5 heteroatoms. The summed E-state index contributed by atoms with van der Waals surface area (Å²) in [5, 5.41) is 26.0. The number of rotatable bonds is 6. The fourth-order valence-corrected chi connectivity index (χ4v) is 1.30. The van der Waals surface area contributed by atoms with Crippen LogP contribution >= 0.6 is 0 Å². The molecule has 0 aliphatic rings. The van der Waals surface area contributed by atoms with Gasteiger partial charge in [-0.15, -0.1) is 0 Å². The maximum atomic E-state index is 9.65. The van der Waals surface area contributed by atoms with Crippen molar-refractivity contribution in [2.45, 2.75) is 32.4 Å². The largest absolute Gasteiger partial charge is 0.507 e. The highest BCUT2D eigenvalue weighted by Gasteiger charge is 2.12. The summed E-state index contributed by atoms with van der Waals surface area (Å²) >= 11 is 0. The fraction of sp³-hybridized carbons (Fsp3) is 0.500. The number of aliphatic hydroxyl groups excluding tert-OH is 1. The standard InChI is InChI=1S/C14H22N2O3/c1-14(2,3)15-9-12(17)10-19-16-8-11-6-4-5-7-13(11)18/h4-8,12,15,17-18H,9-10H2,1-3H3/b16-8+. The molecule has 106 valence electrons. The maximum absolute atomic E-state index is 9.65. The summed E-state index contributed by atoms with van der Waals surface area (Å²) in [6.45, 7) is 6.62. The van der Waals surface area contributed by atoms with Crippen molar-refractivity contribution >= 4 is 6.21 Å². The van der Waals surface area contributed by atoms with E-state index in [1.807, 2.05) is 20.8 Å². The Morgan fingerprint density at radius 3 is 2.68 bits per heavy atom. The zero-order valence-electron chi connectivity index (χ0n) is 11.6. The molecule has 0 aromatic heterocycles. The average molecular weight is 266 g/mol. The van der Waals surface area contributed by atoms with Crippen LogP contribution in [0.15, 0.2) is 29.4 Å². The highest BCUT2D eigenvalue weighted by Crippen LogP contribution is 2.12. The van der Waals surface area contributed by atoms with Gasteiger partial charge in [0.25, 0.3) is 0 Å². The van der Waals surface area contributed by atoms with Crippen molar-refractivity contribution in [2.75, 3.05) is 13.2 Å². The molecule has 3 N–H and O–H groups in total. The first-order valence-corrected chi connectivity index (χ1v) is 6.25. The van der Waals surface area contributed by atoms with Crippen molar-refractivity contribution in [1.82, 2.24) is 5.32 Å². The van der Waals surface area contributed by atoms with E-state index >= 15 is 0 Å². The molecule has 0 aliphatic heterocycles. The van der Waals surface area contributed by atoms with Gasteiger partial charge < -0.3 is 20.4 Å². The van der Waals surface area contributed by atoms with Gasteiger partial charge in [-0.1, -0.05) is 17.3 Å². The quantitative estimate of drug-likeness (QED) is 0.539. The van der Waals surface area contributed by atoms with E-state index in [-0.39, 0.29) is 17.9 Å². The summed E-state index contributed by atoms with van der Waals surface area (Å²) in [5.74, 6) is 0.143. The first-order valence-electron chi connectivity index (χ1n) is 6.25. The Morgan fingerprint density at radius 1 is 1.37 bits per heavy atom. The normalized spacial score (nSPS) is 13.7. The summed E-state index contributed by atoms with van der Waals surface area (Å²) in [5.41, 5.74) is 0.532. The molecular formula is C14H22N2O3. The molecular weight excluding hydrogens is 244 g/mol. The van der Waals surface area contributed by atoms with Gasteiger partial charge in [0, 0.05) is 17.6 Å². The summed E-state index contributed by atoms with van der Waals surface area (Å²) in [6.07, 6.45) is 0.792. The molecule has 0 saturated carbocycles. The lowest BCUT2D eigenvalue weighted by Gasteiger charge is -2.22. The van der Waals surface area contributed by atoms with Gasteiger partial charge in [0.1, 0.15) is 18.5 Å². The summed E-state index contributed by atoms with van der Waals surface area (Å²) in [7, 11) is 0. The van der Waals surface area contributed by atoms with Crippen LogP contribution < -0.4 is 5.32 Å². The molecule has 0 heterocycles. The predicted octanol–water partition coefficient (Wildman–Crippen LogP) is 1.49. The molecule has 1 aromatic rings. The summed E-state index contributed by atoms with van der Waals surface area (Å²) in [6, 6.07) is 6.82. The third kappa shape index (κ3) is 6.79. The molecule has 1 unspecified atom stereocenters. The molecule has 0 saturated heterocycles. The second kappa shape index (κ2) is 7.11. The zero-order valence-corrected chi connectivity index (χ0v) is 11.6. The van der Waals surface area contributed by atoms with Crippen LogP contribution in [0.5, 0.6) is 5.75 Å². The van der Waals surface area contributed by atoms with Crippen LogP contribution in [0, 0.1) is 0 Å². The van der Waals surface area contributed by atoms with Crippen LogP contribution in [-0.4, -0.2) is 41.2 Å². The van der Waals surface area contributed by atoms with Crippen molar-refractivity contribution in [1.29, 1.82) is 0 Å². The van der Waals surface area contributed by atoms with E-state index in [9.17, 15) is 10.2 Å². The molecule has 0 radical (unpaired) electrons. The van der Waals surface area contributed by atoms with Gasteiger partial charge >= 0.3 is 0 Å². The topological polar surface area (TPSA) is 74.1 Å². The van der Waals surface area contributed by atoms with Crippen molar-refractivity contribution in [3.05, 3.63) is 29.8 Å². The Labute approximate surface area is 113 Å². The van der Waals surface area contributed by atoms with Crippen molar-refractivity contribution in [3.63, 3.8) is 0 Å². The first-order chi connectivity index (χ1) is 8.88. The maximum Gasteiger partial charge on any atom is 0.144 e. The lowest BCUT2D eigenvalue weighted by atomic mass is 10.1. The third-order valence-electron chi connectivity index (χ3n) is 2.34. The molecule has 0 bridgehead atoms. The average Bonchev–Trinajstić information content (AvgIpc) is 2.33. The van der Waals surface area contributed by atoms with Gasteiger partial charge in [0.2, 0.25) is 0 Å². The second-order valence-electron chi connectivity index (χ2n) is 5.37. The Hall–Kier alpha value is -1.59. The molecule has 0 fully saturated rings. The van der Waals surface area contributed by atoms with Gasteiger partial charge in [-0.2, -0.15) is 0 Å². The van der Waals surface area contributed by atoms with Crippen molar-refractivity contribution < 1.29 is 15.1 Å². The van der Waals surface area contributed by atoms with Crippen LogP contribution in [0.4, 0.5) is 0 Å². The number of aliphatic hydroxyl groups is 1. The number of phenols is 1. The number of nitrogens with one attached hydrogen (secondary N) is 1. The number of nitrogens with zero attached hydrogens (tertiary/aromatic N) is 1. The molecule has 5 nitrogen and oxygen atoms in total. The van der Waals surface area contributed by atoms with E-state index in [4.69, 9.17) is 4.84 Å². The fourth-order valence-electron chi connectivity index (χ4n) is 1.30. The van der Waals surface area contributed by atoms with E-state index in [0.717, 1.165) is 0 Å². The third-order valence-corrected chi connectivity index (χ3v) is 2.34. The molecule has 19 heavy (non-hydrogen) atoms.